The molecule has 0 bridgehead atoms. The van der Waals surface area contributed by atoms with E-state index in [9.17, 15) is 9.59 Å². The Hall–Kier alpha value is -1.10. The molecule has 0 spiro atoms. The highest BCUT2D eigenvalue weighted by Crippen LogP contribution is 2.19. The van der Waals surface area contributed by atoms with Crippen LogP contribution < -0.4 is 5.32 Å². The normalized spacial score (nSPS) is 20.2. The number of likely N-dealkylation sites (N-methyl/N-ethyl adjacent to an activating group) is 1. The molecule has 5 nitrogen and oxygen atoms in total. The number of ether oxygens (including phenoxy) is 1. The largest absolute Gasteiger partial charge is 0.469 e. The second-order valence-electron chi connectivity index (χ2n) is 4.12. The molecule has 1 aliphatic heterocycles. The zero-order valence-corrected chi connectivity index (χ0v) is 10.2. The molecule has 1 fully saturated rings. The van der Waals surface area contributed by atoms with Gasteiger partial charge >= 0.3 is 5.97 Å². The summed E-state index contributed by atoms with van der Waals surface area (Å²) in [5.74, 6) is -0.109. The van der Waals surface area contributed by atoms with E-state index in [1.165, 1.54) is 7.11 Å². The van der Waals surface area contributed by atoms with Crippen molar-refractivity contribution in [2.75, 3.05) is 27.2 Å². The molecule has 1 atom stereocenters. The number of hydrogen-bond donors (Lipinski definition) is 1. The molecule has 16 heavy (non-hydrogen) atoms. The molecule has 0 saturated carbocycles. The summed E-state index contributed by atoms with van der Waals surface area (Å²) in [6, 6.07) is -0.122. The molecule has 1 aliphatic rings. The van der Waals surface area contributed by atoms with Gasteiger partial charge in [0.1, 0.15) is 0 Å². The van der Waals surface area contributed by atoms with Crippen LogP contribution in [-0.2, 0) is 14.3 Å². The topological polar surface area (TPSA) is 58.6 Å². The van der Waals surface area contributed by atoms with Gasteiger partial charge in [0, 0.05) is 7.05 Å². The van der Waals surface area contributed by atoms with E-state index in [-0.39, 0.29) is 23.8 Å². The molecule has 0 aromatic rings. The third kappa shape index (κ3) is 2.95. The summed E-state index contributed by atoms with van der Waals surface area (Å²) < 4.78 is 4.72. The first-order valence-corrected chi connectivity index (χ1v) is 5.63. The summed E-state index contributed by atoms with van der Waals surface area (Å²) in [4.78, 5) is 24.8. The minimum Gasteiger partial charge on any atom is -0.469 e. The molecular weight excluding hydrogens is 208 g/mol. The summed E-state index contributed by atoms with van der Waals surface area (Å²) in [5.41, 5.74) is 0. The van der Waals surface area contributed by atoms with Gasteiger partial charge in [0.2, 0.25) is 5.91 Å². The molecule has 5 heteroatoms. The lowest BCUT2D eigenvalue weighted by atomic mass is 9.96. The third-order valence-corrected chi connectivity index (χ3v) is 3.24. The molecule has 1 N–H and O–H groups in total. The predicted octanol–water partition coefficient (Wildman–Crippen LogP) is 0.00590. The smallest absolute Gasteiger partial charge is 0.308 e. The molecule has 0 aromatic heterocycles. The van der Waals surface area contributed by atoms with E-state index in [0.717, 1.165) is 25.9 Å². The Morgan fingerprint density at radius 1 is 1.38 bits per heavy atom. The molecule has 0 aliphatic carbocycles. The Labute approximate surface area is 96.1 Å². The fourth-order valence-electron chi connectivity index (χ4n) is 2.06. The van der Waals surface area contributed by atoms with Crippen LogP contribution in [-0.4, -0.2) is 50.1 Å². The minimum absolute atomic E-state index is 0.00172. The van der Waals surface area contributed by atoms with E-state index < -0.39 is 0 Å². The van der Waals surface area contributed by atoms with Crippen LogP contribution in [0, 0.1) is 5.92 Å². The van der Waals surface area contributed by atoms with E-state index in [2.05, 4.69) is 10.2 Å². The maximum atomic E-state index is 11.4. The Morgan fingerprint density at radius 3 is 2.38 bits per heavy atom. The standard InChI is InChI=1S/C11H20N2O3/c1-8(10(14)12-2)13-6-4-9(5-7-13)11(15)16-3/h8-9H,4-7H2,1-3H3,(H,12,14). The van der Waals surface area contributed by atoms with Crippen LogP contribution in [0.1, 0.15) is 19.8 Å². The van der Waals surface area contributed by atoms with Crippen molar-refractivity contribution in [2.24, 2.45) is 5.92 Å². The molecule has 0 aromatic carbocycles. The van der Waals surface area contributed by atoms with Crippen molar-refractivity contribution in [1.82, 2.24) is 10.2 Å². The van der Waals surface area contributed by atoms with Crippen molar-refractivity contribution < 1.29 is 14.3 Å². The van der Waals surface area contributed by atoms with Crippen LogP contribution in [0.15, 0.2) is 0 Å². The average Bonchev–Trinajstić information content (AvgIpc) is 2.36. The second kappa shape index (κ2) is 5.84. The number of methoxy groups -OCH3 is 1. The summed E-state index contributed by atoms with van der Waals surface area (Å²) in [6.45, 7) is 3.43. The van der Waals surface area contributed by atoms with Gasteiger partial charge < -0.3 is 10.1 Å². The highest BCUT2D eigenvalue weighted by Gasteiger charge is 2.29. The van der Waals surface area contributed by atoms with E-state index in [1.807, 2.05) is 6.92 Å². The molecule has 92 valence electrons. The van der Waals surface area contributed by atoms with Gasteiger partial charge in [0.05, 0.1) is 19.1 Å². The fraction of sp³-hybridized carbons (Fsp3) is 0.818. The van der Waals surface area contributed by atoms with Gasteiger partial charge in [-0.25, -0.2) is 0 Å². The molecule has 1 rings (SSSR count). The molecular formula is C11H20N2O3. The lowest BCUT2D eigenvalue weighted by molar-refractivity contribution is -0.147. The lowest BCUT2D eigenvalue weighted by Crippen LogP contribution is -2.48. The number of rotatable bonds is 3. The van der Waals surface area contributed by atoms with Gasteiger partial charge in [0.25, 0.3) is 0 Å². The number of piperidine rings is 1. The Morgan fingerprint density at radius 2 is 1.94 bits per heavy atom. The highest BCUT2D eigenvalue weighted by atomic mass is 16.5. The average molecular weight is 228 g/mol. The molecule has 1 saturated heterocycles. The van der Waals surface area contributed by atoms with Crippen molar-refractivity contribution >= 4 is 11.9 Å². The molecule has 1 unspecified atom stereocenters. The Balaban J connectivity index is 2.42. The number of carbonyl (C=O) groups is 2. The van der Waals surface area contributed by atoms with Gasteiger partial charge in [0.15, 0.2) is 0 Å². The van der Waals surface area contributed by atoms with Gasteiger partial charge in [-0.05, 0) is 32.9 Å². The van der Waals surface area contributed by atoms with E-state index in [4.69, 9.17) is 4.74 Å². The summed E-state index contributed by atoms with van der Waals surface area (Å²) >= 11 is 0. The van der Waals surface area contributed by atoms with Crippen LogP contribution in [0.25, 0.3) is 0 Å². The van der Waals surface area contributed by atoms with Crippen LogP contribution in [0.4, 0.5) is 0 Å². The van der Waals surface area contributed by atoms with Crippen molar-refractivity contribution in [2.45, 2.75) is 25.8 Å². The van der Waals surface area contributed by atoms with Gasteiger partial charge in [-0.15, -0.1) is 0 Å². The van der Waals surface area contributed by atoms with E-state index >= 15 is 0 Å². The van der Waals surface area contributed by atoms with Crippen molar-refractivity contribution in [1.29, 1.82) is 0 Å². The Kier molecular flexibility index (Phi) is 4.73. The molecule has 0 radical (unpaired) electrons. The number of carbonyl (C=O) groups excluding carboxylic acids is 2. The van der Waals surface area contributed by atoms with Crippen molar-refractivity contribution in [3.05, 3.63) is 0 Å². The first-order valence-electron chi connectivity index (χ1n) is 5.63. The van der Waals surface area contributed by atoms with Crippen LogP contribution in [0.3, 0.4) is 0 Å². The highest BCUT2D eigenvalue weighted by molar-refractivity contribution is 5.81. The van der Waals surface area contributed by atoms with Crippen molar-refractivity contribution in [3.8, 4) is 0 Å². The SMILES string of the molecule is CNC(=O)C(C)N1CCC(C(=O)OC)CC1. The van der Waals surface area contributed by atoms with Crippen LogP contribution >= 0.6 is 0 Å². The van der Waals surface area contributed by atoms with E-state index in [0.29, 0.717) is 0 Å². The number of esters is 1. The summed E-state index contributed by atoms with van der Waals surface area (Å²) in [7, 11) is 3.06. The third-order valence-electron chi connectivity index (χ3n) is 3.24. The van der Waals surface area contributed by atoms with Crippen molar-refractivity contribution in [3.63, 3.8) is 0 Å². The number of likely N-dealkylation sites (tertiary alicyclic amines) is 1. The van der Waals surface area contributed by atoms with Gasteiger partial charge in [-0.1, -0.05) is 0 Å². The fourth-order valence-corrected chi connectivity index (χ4v) is 2.06. The van der Waals surface area contributed by atoms with Gasteiger partial charge in [-0.2, -0.15) is 0 Å². The number of amides is 1. The first kappa shape index (κ1) is 13.0. The van der Waals surface area contributed by atoms with Crippen LogP contribution in [0.2, 0.25) is 0 Å². The minimum atomic E-state index is -0.132. The first-order chi connectivity index (χ1) is 7.60. The maximum absolute atomic E-state index is 11.4. The number of nitrogens with zero attached hydrogens (tertiary/aromatic N) is 1. The zero-order chi connectivity index (χ0) is 12.1. The monoisotopic (exact) mass is 228 g/mol. The second-order valence-corrected chi connectivity index (χ2v) is 4.12. The predicted molar refractivity (Wildman–Crippen MR) is 59.8 cm³/mol. The maximum Gasteiger partial charge on any atom is 0.308 e. The van der Waals surface area contributed by atoms with Gasteiger partial charge in [-0.3, -0.25) is 14.5 Å². The number of nitrogens with one attached hydrogen (secondary N) is 1. The van der Waals surface area contributed by atoms with E-state index in [1.54, 1.807) is 7.05 Å². The summed E-state index contributed by atoms with van der Waals surface area (Å²) in [6.07, 6.45) is 1.54. The van der Waals surface area contributed by atoms with Crippen LogP contribution in [0.5, 0.6) is 0 Å². The number of hydrogen-bond acceptors (Lipinski definition) is 4. The molecule has 1 heterocycles. The molecule has 1 amide bonds. The lowest BCUT2D eigenvalue weighted by Gasteiger charge is -2.34. The Bertz CT molecular complexity index is 260. The quantitative estimate of drug-likeness (QED) is 0.691. The zero-order valence-electron chi connectivity index (χ0n) is 10.2. The summed E-state index contributed by atoms with van der Waals surface area (Å²) in [5, 5.41) is 2.63.